The number of carboxylic acid groups (broad SMARTS) is 1. The Hall–Kier alpha value is -3.91. The van der Waals surface area contributed by atoms with Crippen LogP contribution in [0.25, 0.3) is 6.08 Å². The first-order valence-electron chi connectivity index (χ1n) is 13.5. The van der Waals surface area contributed by atoms with Crippen LogP contribution in [0.5, 0.6) is 11.5 Å². The molecule has 1 fully saturated rings. The van der Waals surface area contributed by atoms with Gasteiger partial charge in [0.1, 0.15) is 29.3 Å². The molecule has 44 heavy (non-hydrogen) atoms. The van der Waals surface area contributed by atoms with Gasteiger partial charge in [-0.15, -0.1) is 0 Å². The van der Waals surface area contributed by atoms with Crippen LogP contribution < -0.4 is 9.47 Å². The molecule has 10 nitrogen and oxygen atoms in total. The van der Waals surface area contributed by atoms with Gasteiger partial charge in [-0.1, -0.05) is 36.4 Å². The van der Waals surface area contributed by atoms with Gasteiger partial charge in [0.25, 0.3) is 0 Å². The molecule has 1 heterocycles. The van der Waals surface area contributed by atoms with Crippen molar-refractivity contribution in [1.82, 2.24) is 0 Å². The van der Waals surface area contributed by atoms with Gasteiger partial charge in [-0.2, -0.15) is 13.2 Å². The van der Waals surface area contributed by atoms with Gasteiger partial charge in [-0.05, 0) is 50.1 Å². The van der Waals surface area contributed by atoms with E-state index < -0.39 is 54.7 Å². The Morgan fingerprint density at radius 3 is 2.41 bits per heavy atom. The van der Waals surface area contributed by atoms with Gasteiger partial charge in [-0.3, -0.25) is 0 Å². The van der Waals surface area contributed by atoms with Crippen molar-refractivity contribution in [2.45, 2.75) is 63.1 Å². The molecule has 0 bridgehead atoms. The molecule has 0 spiro atoms. The van der Waals surface area contributed by atoms with E-state index in [1.165, 1.54) is 50.6 Å². The lowest BCUT2D eigenvalue weighted by Crippen LogP contribution is -2.37. The largest absolute Gasteiger partial charge is 0.497 e. The van der Waals surface area contributed by atoms with Crippen LogP contribution in [0.15, 0.2) is 60.7 Å². The van der Waals surface area contributed by atoms with Crippen LogP contribution in [0.2, 0.25) is 0 Å². The van der Waals surface area contributed by atoms with Crippen LogP contribution in [0.3, 0.4) is 0 Å². The fraction of sp³-hybridized carbons (Fsp3) is 0.419. The molecular formula is C31H35F3O10. The third-order valence-corrected chi connectivity index (χ3v) is 6.41. The summed E-state index contributed by atoms with van der Waals surface area (Å²) >= 11 is 0. The number of hydrogen-bond donors (Lipinski definition) is 2. The normalized spacial score (nSPS) is 19.6. The van der Waals surface area contributed by atoms with E-state index in [2.05, 4.69) is 0 Å². The standard InChI is InChI=1S/C31H35F3O10/c1-30(2)43-23(14-8-12-20-16-21(40-4)17-24(41-18-39-3)26(20)28(36)37)27(44-30)22(13-9-15-25(35)31(32,33)34)42-29(38)19-10-6-5-7-11-19/h5-13,16-17,22-23,25,27,35H,14-15,18H2,1-4H3,(H,36,37)/b12-8+,13-9-/t22?,23-,25+,27+/m0/s1. The Balaban J connectivity index is 1.91. The van der Waals surface area contributed by atoms with E-state index in [0.717, 1.165) is 6.08 Å². The van der Waals surface area contributed by atoms with E-state index in [1.54, 1.807) is 38.1 Å². The summed E-state index contributed by atoms with van der Waals surface area (Å²) in [6.07, 6.45) is -5.61. The predicted molar refractivity (Wildman–Crippen MR) is 151 cm³/mol. The lowest BCUT2D eigenvalue weighted by atomic mass is 10.0. The second-order valence-corrected chi connectivity index (χ2v) is 10.2. The molecule has 2 aromatic carbocycles. The third kappa shape index (κ3) is 9.55. The molecular weight excluding hydrogens is 589 g/mol. The zero-order chi connectivity index (χ0) is 32.5. The first-order chi connectivity index (χ1) is 20.8. The van der Waals surface area contributed by atoms with Gasteiger partial charge in [0.05, 0.1) is 18.8 Å². The van der Waals surface area contributed by atoms with Crippen molar-refractivity contribution in [2.75, 3.05) is 21.0 Å². The van der Waals surface area contributed by atoms with Gasteiger partial charge in [0, 0.05) is 19.6 Å². The highest BCUT2D eigenvalue weighted by Gasteiger charge is 2.45. The number of benzene rings is 2. The zero-order valence-corrected chi connectivity index (χ0v) is 24.6. The SMILES string of the molecule is COCOc1cc(OC)cc(/C=C/C[C@@H]2OC(C)(C)O[C@@H]2C(/C=C\C[C@@H](O)C(F)(F)F)OC(=O)c2ccccc2)c1C(=O)O. The summed E-state index contributed by atoms with van der Waals surface area (Å²) in [6, 6.07) is 10.9. The van der Waals surface area contributed by atoms with Gasteiger partial charge in [-0.25, -0.2) is 9.59 Å². The summed E-state index contributed by atoms with van der Waals surface area (Å²) in [5, 5.41) is 19.3. The minimum Gasteiger partial charge on any atom is -0.497 e. The number of halogens is 3. The van der Waals surface area contributed by atoms with Crippen molar-refractivity contribution in [3.05, 3.63) is 77.4 Å². The first kappa shape index (κ1) is 34.6. The summed E-state index contributed by atoms with van der Waals surface area (Å²) in [7, 11) is 2.80. The first-order valence-corrected chi connectivity index (χ1v) is 13.5. The number of carboxylic acids is 1. The molecule has 2 N–H and O–H groups in total. The van der Waals surface area contributed by atoms with Crippen molar-refractivity contribution < 1.29 is 61.4 Å². The quantitative estimate of drug-likeness (QED) is 0.160. The van der Waals surface area contributed by atoms with E-state index in [1.807, 2.05) is 0 Å². The molecule has 4 atom stereocenters. The minimum atomic E-state index is -4.83. The van der Waals surface area contributed by atoms with Crippen LogP contribution in [-0.2, 0) is 18.9 Å². The molecule has 13 heteroatoms. The second kappa shape index (κ2) is 15.2. The van der Waals surface area contributed by atoms with E-state index in [9.17, 15) is 33.0 Å². The monoisotopic (exact) mass is 624 g/mol. The van der Waals surface area contributed by atoms with E-state index >= 15 is 0 Å². The zero-order valence-electron chi connectivity index (χ0n) is 24.6. The van der Waals surface area contributed by atoms with Gasteiger partial charge in [0.2, 0.25) is 0 Å². The number of aliphatic hydroxyl groups excluding tert-OH is 1. The van der Waals surface area contributed by atoms with E-state index in [0.29, 0.717) is 5.75 Å². The highest BCUT2D eigenvalue weighted by molar-refractivity contribution is 5.95. The number of aromatic carboxylic acids is 1. The Kier molecular flexibility index (Phi) is 11.9. The maximum atomic E-state index is 12.9. The Morgan fingerprint density at radius 2 is 1.80 bits per heavy atom. The maximum Gasteiger partial charge on any atom is 0.414 e. The molecule has 1 aliphatic rings. The second-order valence-electron chi connectivity index (χ2n) is 10.2. The van der Waals surface area contributed by atoms with Crippen LogP contribution in [0, 0.1) is 0 Å². The number of alkyl halides is 3. The van der Waals surface area contributed by atoms with Crippen LogP contribution in [0.4, 0.5) is 13.2 Å². The van der Waals surface area contributed by atoms with Gasteiger partial charge in [0.15, 0.2) is 18.7 Å². The van der Waals surface area contributed by atoms with E-state index in [4.69, 9.17) is 28.4 Å². The number of ether oxygens (including phenoxy) is 6. The molecule has 2 aromatic rings. The summed E-state index contributed by atoms with van der Waals surface area (Å²) < 4.78 is 72.0. The molecule has 0 saturated carbocycles. The summed E-state index contributed by atoms with van der Waals surface area (Å²) in [4.78, 5) is 25.0. The molecule has 0 amide bonds. The Bertz CT molecular complexity index is 1320. The smallest absolute Gasteiger partial charge is 0.414 e. The number of aliphatic hydroxyl groups is 1. The summed E-state index contributed by atoms with van der Waals surface area (Å²) in [5.41, 5.74) is 0.327. The predicted octanol–water partition coefficient (Wildman–Crippen LogP) is 5.39. The van der Waals surface area contributed by atoms with Crippen molar-refractivity contribution in [3.63, 3.8) is 0 Å². The van der Waals surface area contributed by atoms with Gasteiger partial charge >= 0.3 is 18.1 Å². The Morgan fingerprint density at radius 1 is 1.09 bits per heavy atom. The number of rotatable bonds is 14. The maximum absolute atomic E-state index is 12.9. The lowest BCUT2D eigenvalue weighted by molar-refractivity contribution is -0.202. The van der Waals surface area contributed by atoms with Crippen molar-refractivity contribution in [1.29, 1.82) is 0 Å². The molecule has 1 aliphatic heterocycles. The third-order valence-electron chi connectivity index (χ3n) is 6.41. The minimum absolute atomic E-state index is 0.0249. The van der Waals surface area contributed by atoms with Crippen LogP contribution in [-0.4, -0.2) is 79.5 Å². The lowest BCUT2D eigenvalue weighted by Gasteiger charge is -2.24. The summed E-state index contributed by atoms with van der Waals surface area (Å²) in [6.45, 7) is 3.05. The fourth-order valence-electron chi connectivity index (χ4n) is 4.44. The van der Waals surface area contributed by atoms with Crippen LogP contribution >= 0.6 is 0 Å². The highest BCUT2D eigenvalue weighted by atomic mass is 19.4. The molecule has 0 aromatic heterocycles. The molecule has 1 saturated heterocycles. The number of carbonyl (C=O) groups excluding carboxylic acids is 1. The number of esters is 1. The van der Waals surface area contributed by atoms with Crippen molar-refractivity contribution in [2.24, 2.45) is 0 Å². The highest BCUT2D eigenvalue weighted by Crippen LogP contribution is 2.35. The molecule has 240 valence electrons. The van der Waals surface area contributed by atoms with E-state index in [-0.39, 0.29) is 35.7 Å². The Labute approximate surface area is 252 Å². The molecule has 0 aliphatic carbocycles. The average Bonchev–Trinajstić information content (AvgIpc) is 3.28. The molecule has 1 unspecified atom stereocenters. The van der Waals surface area contributed by atoms with Crippen molar-refractivity contribution in [3.8, 4) is 11.5 Å². The van der Waals surface area contributed by atoms with Crippen LogP contribution in [0.1, 0.15) is 53.0 Å². The summed E-state index contributed by atoms with van der Waals surface area (Å²) in [5.74, 6) is -2.80. The van der Waals surface area contributed by atoms with Gasteiger partial charge < -0.3 is 38.6 Å². The topological polar surface area (TPSA) is 130 Å². The number of hydrogen-bond acceptors (Lipinski definition) is 9. The molecule has 3 rings (SSSR count). The molecule has 0 radical (unpaired) electrons. The number of carbonyl (C=O) groups is 2. The van der Waals surface area contributed by atoms with Crippen molar-refractivity contribution >= 4 is 18.0 Å². The average molecular weight is 625 g/mol. The fourth-order valence-corrected chi connectivity index (χ4v) is 4.44. The number of methoxy groups -OCH3 is 2.